The normalized spacial score (nSPS) is 46.9. The van der Waals surface area contributed by atoms with E-state index < -0.39 is 0 Å². The van der Waals surface area contributed by atoms with Gasteiger partial charge in [-0.15, -0.1) is 0 Å². The molecule has 172 valence electrons. The Labute approximate surface area is 184 Å². The zero-order chi connectivity index (χ0) is 20.3. The maximum Gasteiger partial charge on any atom is 0.0606 e. The van der Waals surface area contributed by atoms with Crippen LogP contribution in [0.25, 0.3) is 0 Å². The molecule has 0 aromatic carbocycles. The maximum atomic E-state index is 5.62. The van der Waals surface area contributed by atoms with Crippen molar-refractivity contribution in [3.8, 4) is 0 Å². The van der Waals surface area contributed by atoms with Crippen LogP contribution in [-0.2, 0) is 0 Å². The highest BCUT2D eigenvalue weighted by atomic mass is 15.3. The molecule has 5 nitrogen and oxygen atoms in total. The fourth-order valence-electron chi connectivity index (χ4n) is 7.88. The maximum absolute atomic E-state index is 5.62. The molecule has 2 aliphatic heterocycles. The van der Waals surface area contributed by atoms with E-state index in [4.69, 9.17) is 5.73 Å². The van der Waals surface area contributed by atoms with Gasteiger partial charge in [0.2, 0.25) is 0 Å². The molecule has 6 N–H and O–H groups in total. The van der Waals surface area contributed by atoms with Crippen molar-refractivity contribution in [1.29, 1.82) is 0 Å². The number of hydrogen-bond donors (Lipinski definition) is 5. The molecule has 0 bridgehead atoms. The van der Waals surface area contributed by atoms with Crippen LogP contribution in [0.4, 0.5) is 0 Å². The summed E-state index contributed by atoms with van der Waals surface area (Å²) in [7, 11) is 0. The second kappa shape index (κ2) is 10.2. The average Bonchev–Trinajstić information content (AvgIpc) is 3.23. The second-order valence-electron chi connectivity index (χ2n) is 11.4. The Morgan fingerprint density at radius 1 is 0.700 bits per heavy atom. The van der Waals surface area contributed by atoms with Gasteiger partial charge < -0.3 is 16.4 Å². The van der Waals surface area contributed by atoms with Crippen molar-refractivity contribution in [2.24, 2.45) is 35.3 Å². The van der Waals surface area contributed by atoms with Crippen LogP contribution < -0.4 is 27.0 Å². The van der Waals surface area contributed by atoms with Gasteiger partial charge in [-0.05, 0) is 120 Å². The fourth-order valence-corrected chi connectivity index (χ4v) is 7.88. The molecule has 3 aliphatic carbocycles. The third-order valence-electron chi connectivity index (χ3n) is 9.65. The molecule has 0 amide bonds. The lowest BCUT2D eigenvalue weighted by molar-refractivity contribution is 0.139. The van der Waals surface area contributed by atoms with E-state index in [1.807, 2.05) is 0 Å². The summed E-state index contributed by atoms with van der Waals surface area (Å²) in [6.45, 7) is 4.17. The van der Waals surface area contributed by atoms with Crippen LogP contribution in [0.1, 0.15) is 77.0 Å². The monoisotopic (exact) mass is 417 g/mol. The molecule has 0 aromatic heterocycles. The van der Waals surface area contributed by atoms with Crippen molar-refractivity contribution >= 4 is 0 Å². The molecule has 0 aromatic rings. The molecule has 5 heteroatoms. The fraction of sp³-hybridized carbons (Fsp3) is 1.00. The number of hydrogen-bond acceptors (Lipinski definition) is 5. The predicted octanol–water partition coefficient (Wildman–Crippen LogP) is 2.57. The molecular formula is C25H47N5. The molecule has 5 aliphatic rings. The van der Waals surface area contributed by atoms with E-state index in [2.05, 4.69) is 21.3 Å². The largest absolute Gasteiger partial charge is 0.329 e. The van der Waals surface area contributed by atoms with Crippen LogP contribution >= 0.6 is 0 Å². The van der Waals surface area contributed by atoms with Crippen molar-refractivity contribution in [1.82, 2.24) is 21.3 Å². The zero-order valence-corrected chi connectivity index (χ0v) is 19.1. The molecule has 5 fully saturated rings. The first kappa shape index (κ1) is 21.6. The summed E-state index contributed by atoms with van der Waals surface area (Å²) in [5.74, 6) is 4.64. The number of piperidine rings is 1. The number of nitrogens with one attached hydrogen (secondary N) is 4. The van der Waals surface area contributed by atoms with Crippen molar-refractivity contribution in [3.05, 3.63) is 0 Å². The first-order valence-electron chi connectivity index (χ1n) is 13.5. The lowest BCUT2D eigenvalue weighted by Gasteiger charge is -2.41. The van der Waals surface area contributed by atoms with Gasteiger partial charge in [-0.3, -0.25) is 10.6 Å². The lowest BCUT2D eigenvalue weighted by Crippen LogP contribution is -2.50. The standard InChI is InChI=1S/C25H47N5/c26-11-13-27-16-17-3-5-18(6-4-17)20-9-10-22-24(14-20)30-25(29-22)21-8-7-19-2-1-12-28-23(19)15-21/h17-25,27-30H,1-16,26H2. The number of rotatable bonds is 6. The molecule has 0 spiro atoms. The first-order valence-corrected chi connectivity index (χ1v) is 13.5. The van der Waals surface area contributed by atoms with Crippen LogP contribution in [0.2, 0.25) is 0 Å². The molecular weight excluding hydrogens is 370 g/mol. The van der Waals surface area contributed by atoms with Crippen LogP contribution in [0, 0.1) is 29.6 Å². The van der Waals surface area contributed by atoms with Gasteiger partial charge in [0.25, 0.3) is 0 Å². The highest BCUT2D eigenvalue weighted by Crippen LogP contribution is 2.42. The minimum atomic E-state index is 0.577. The summed E-state index contributed by atoms with van der Waals surface area (Å²) < 4.78 is 0. The molecule has 2 saturated heterocycles. The highest BCUT2D eigenvalue weighted by molar-refractivity contribution is 5.02. The summed E-state index contributed by atoms with van der Waals surface area (Å²) in [6, 6.07) is 2.26. The zero-order valence-electron chi connectivity index (χ0n) is 19.1. The minimum Gasteiger partial charge on any atom is -0.329 e. The van der Waals surface area contributed by atoms with Gasteiger partial charge >= 0.3 is 0 Å². The van der Waals surface area contributed by atoms with E-state index in [-0.39, 0.29) is 0 Å². The smallest absolute Gasteiger partial charge is 0.0606 e. The minimum absolute atomic E-state index is 0.577. The SMILES string of the molecule is NCCNCC1CCC(C2CCC3NC(C4CCC5CCCNC5C4)NC3C2)CC1. The van der Waals surface area contributed by atoms with Gasteiger partial charge in [0, 0.05) is 31.2 Å². The van der Waals surface area contributed by atoms with Crippen LogP contribution in [0.15, 0.2) is 0 Å². The van der Waals surface area contributed by atoms with E-state index in [1.54, 1.807) is 0 Å². The van der Waals surface area contributed by atoms with Crippen molar-refractivity contribution in [2.75, 3.05) is 26.2 Å². The highest BCUT2D eigenvalue weighted by Gasteiger charge is 2.44. The van der Waals surface area contributed by atoms with Gasteiger partial charge in [-0.25, -0.2) is 0 Å². The molecule has 0 radical (unpaired) electrons. The van der Waals surface area contributed by atoms with Gasteiger partial charge in [0.05, 0.1) is 6.17 Å². The van der Waals surface area contributed by atoms with E-state index in [9.17, 15) is 0 Å². The number of fused-ring (bicyclic) bond motifs is 2. The first-order chi connectivity index (χ1) is 14.8. The van der Waals surface area contributed by atoms with E-state index in [0.717, 1.165) is 60.8 Å². The van der Waals surface area contributed by atoms with Gasteiger partial charge in [0.1, 0.15) is 0 Å². The Kier molecular flexibility index (Phi) is 7.33. The van der Waals surface area contributed by atoms with Crippen LogP contribution in [0.5, 0.6) is 0 Å². The van der Waals surface area contributed by atoms with Crippen LogP contribution in [-0.4, -0.2) is 50.5 Å². The molecule has 7 unspecified atom stereocenters. The summed E-state index contributed by atoms with van der Waals surface area (Å²) in [5.41, 5.74) is 5.62. The molecule has 2 heterocycles. The van der Waals surface area contributed by atoms with Crippen molar-refractivity contribution in [3.63, 3.8) is 0 Å². The Morgan fingerprint density at radius 3 is 2.30 bits per heavy atom. The van der Waals surface area contributed by atoms with Gasteiger partial charge in [0.15, 0.2) is 0 Å². The van der Waals surface area contributed by atoms with E-state index in [0.29, 0.717) is 6.17 Å². The van der Waals surface area contributed by atoms with E-state index in [1.165, 1.54) is 90.1 Å². The third kappa shape index (κ3) is 4.91. The summed E-state index contributed by atoms with van der Waals surface area (Å²) in [6.07, 6.45) is 17.8. The predicted molar refractivity (Wildman–Crippen MR) is 124 cm³/mol. The molecule has 7 atom stereocenters. The Hall–Kier alpha value is -0.200. The average molecular weight is 418 g/mol. The summed E-state index contributed by atoms with van der Waals surface area (Å²) >= 11 is 0. The quantitative estimate of drug-likeness (QED) is 0.430. The molecule has 3 saturated carbocycles. The lowest BCUT2D eigenvalue weighted by atomic mass is 9.69. The van der Waals surface area contributed by atoms with Gasteiger partial charge in [-0.1, -0.05) is 0 Å². The molecule has 30 heavy (non-hydrogen) atoms. The second-order valence-corrected chi connectivity index (χ2v) is 11.4. The van der Waals surface area contributed by atoms with Gasteiger partial charge in [-0.2, -0.15) is 0 Å². The topological polar surface area (TPSA) is 74.1 Å². The Bertz CT molecular complexity index is 534. The van der Waals surface area contributed by atoms with Crippen molar-refractivity contribution < 1.29 is 0 Å². The summed E-state index contributed by atoms with van der Waals surface area (Å²) in [4.78, 5) is 0. The Balaban J connectivity index is 1.08. The number of nitrogens with two attached hydrogens (primary N) is 1. The third-order valence-corrected chi connectivity index (χ3v) is 9.65. The van der Waals surface area contributed by atoms with Crippen molar-refractivity contribution in [2.45, 2.75) is 101 Å². The van der Waals surface area contributed by atoms with Crippen LogP contribution in [0.3, 0.4) is 0 Å². The Morgan fingerprint density at radius 2 is 1.43 bits per heavy atom. The summed E-state index contributed by atoms with van der Waals surface area (Å²) in [5, 5.41) is 15.5. The van der Waals surface area contributed by atoms with E-state index >= 15 is 0 Å². The molecule has 5 rings (SSSR count).